The first-order valence-electron chi connectivity index (χ1n) is 6.79. The highest BCUT2D eigenvalue weighted by Gasteiger charge is 2.43. The summed E-state index contributed by atoms with van der Waals surface area (Å²) in [7, 11) is 0. The van der Waals surface area contributed by atoms with Gasteiger partial charge in [-0.2, -0.15) is 13.2 Å². The molecule has 1 fully saturated rings. The molecular weight excluding hydrogens is 273 g/mol. The van der Waals surface area contributed by atoms with Crippen molar-refractivity contribution in [2.75, 3.05) is 13.1 Å². The van der Waals surface area contributed by atoms with E-state index < -0.39 is 29.8 Å². The summed E-state index contributed by atoms with van der Waals surface area (Å²) in [6.07, 6.45) is -4.13. The van der Waals surface area contributed by atoms with E-state index >= 15 is 0 Å². The van der Waals surface area contributed by atoms with Crippen LogP contribution >= 0.6 is 0 Å². The van der Waals surface area contributed by atoms with E-state index in [0.717, 1.165) is 0 Å². The summed E-state index contributed by atoms with van der Waals surface area (Å²) in [5, 5.41) is 11.5. The lowest BCUT2D eigenvalue weighted by Crippen LogP contribution is -2.54. The average molecular weight is 296 g/mol. The molecule has 0 unspecified atom stereocenters. The summed E-state index contributed by atoms with van der Waals surface area (Å²) in [4.78, 5) is 13.1. The number of amides is 2. The van der Waals surface area contributed by atoms with E-state index in [9.17, 15) is 23.1 Å². The fourth-order valence-corrected chi connectivity index (χ4v) is 2.24. The van der Waals surface area contributed by atoms with Gasteiger partial charge >= 0.3 is 12.2 Å². The highest BCUT2D eigenvalue weighted by atomic mass is 19.4. The molecule has 1 saturated heterocycles. The minimum absolute atomic E-state index is 0.0892. The topological polar surface area (TPSA) is 52.6 Å². The molecule has 7 heteroatoms. The van der Waals surface area contributed by atoms with E-state index in [2.05, 4.69) is 5.32 Å². The van der Waals surface area contributed by atoms with Crippen LogP contribution in [0.1, 0.15) is 40.0 Å². The number of urea groups is 1. The number of rotatable bonds is 2. The number of nitrogens with one attached hydrogen (secondary N) is 1. The van der Waals surface area contributed by atoms with Crippen molar-refractivity contribution in [2.24, 2.45) is 5.41 Å². The summed E-state index contributed by atoms with van der Waals surface area (Å²) in [5.74, 6) is 0. The maximum Gasteiger partial charge on any atom is 0.408 e. The lowest BCUT2D eigenvalue weighted by atomic mass is 9.88. The molecule has 0 spiro atoms. The molecule has 1 rings (SSSR count). The number of hydrogen-bond acceptors (Lipinski definition) is 2. The maximum absolute atomic E-state index is 13.0. The second-order valence-corrected chi connectivity index (χ2v) is 6.55. The van der Waals surface area contributed by atoms with Crippen molar-refractivity contribution in [3.8, 4) is 0 Å². The molecule has 0 aliphatic carbocycles. The van der Waals surface area contributed by atoms with Crippen LogP contribution < -0.4 is 5.32 Å². The molecule has 1 heterocycles. The molecule has 0 aromatic carbocycles. The van der Waals surface area contributed by atoms with Gasteiger partial charge in [0.25, 0.3) is 0 Å². The third-order valence-electron chi connectivity index (χ3n) is 3.19. The van der Waals surface area contributed by atoms with Crippen LogP contribution in [0, 0.1) is 5.41 Å². The van der Waals surface area contributed by atoms with Crippen LogP contribution in [0.5, 0.6) is 0 Å². The predicted molar refractivity (Wildman–Crippen MR) is 69.3 cm³/mol. The molecule has 0 bridgehead atoms. The zero-order chi connectivity index (χ0) is 15.6. The zero-order valence-corrected chi connectivity index (χ0v) is 12.1. The summed E-state index contributed by atoms with van der Waals surface area (Å²) in [6, 6.07) is -2.62. The second kappa shape index (κ2) is 6.20. The normalized spacial score (nSPS) is 22.6. The Morgan fingerprint density at radius 2 is 2.00 bits per heavy atom. The number of hydrogen-bond donors (Lipinski definition) is 2. The number of carbonyl (C=O) groups excluding carboxylic acids is 1. The first-order chi connectivity index (χ1) is 8.99. The van der Waals surface area contributed by atoms with Crippen LogP contribution in [-0.4, -0.2) is 47.4 Å². The van der Waals surface area contributed by atoms with Crippen molar-refractivity contribution in [3.05, 3.63) is 0 Å². The molecule has 4 nitrogen and oxygen atoms in total. The molecule has 2 N–H and O–H groups in total. The number of β-amino-alcohol motifs (C(OH)–C–C–N with tert-alkyl or cyclic N) is 1. The van der Waals surface area contributed by atoms with Crippen molar-refractivity contribution in [1.82, 2.24) is 10.2 Å². The van der Waals surface area contributed by atoms with Crippen LogP contribution in [0.25, 0.3) is 0 Å². The minimum Gasteiger partial charge on any atom is -0.391 e. The van der Waals surface area contributed by atoms with Crippen molar-refractivity contribution in [3.63, 3.8) is 0 Å². The first kappa shape index (κ1) is 17.1. The van der Waals surface area contributed by atoms with Crippen molar-refractivity contribution >= 4 is 6.03 Å². The molecule has 20 heavy (non-hydrogen) atoms. The van der Waals surface area contributed by atoms with E-state index in [1.165, 1.54) is 4.90 Å². The van der Waals surface area contributed by atoms with E-state index in [0.29, 0.717) is 19.4 Å². The van der Waals surface area contributed by atoms with E-state index in [1.807, 2.05) is 0 Å². The summed E-state index contributed by atoms with van der Waals surface area (Å²) >= 11 is 0. The molecule has 1 aliphatic heterocycles. The van der Waals surface area contributed by atoms with Gasteiger partial charge in [0.2, 0.25) is 0 Å². The van der Waals surface area contributed by atoms with Crippen LogP contribution in [-0.2, 0) is 0 Å². The lowest BCUT2D eigenvalue weighted by molar-refractivity contribution is -0.159. The summed E-state index contributed by atoms with van der Waals surface area (Å²) in [5.41, 5.74) is -0.547. The SMILES string of the molecule is CC(C)(C)C[C@H](NC(=O)N1CCC[C@@H](O)C1)C(F)(F)F. The smallest absolute Gasteiger partial charge is 0.391 e. The number of alkyl halides is 3. The third kappa shape index (κ3) is 5.56. The van der Waals surface area contributed by atoms with Gasteiger partial charge in [0.15, 0.2) is 0 Å². The number of carbonyl (C=O) groups is 1. The molecule has 118 valence electrons. The molecule has 0 aromatic heterocycles. The first-order valence-corrected chi connectivity index (χ1v) is 6.79. The monoisotopic (exact) mass is 296 g/mol. The Balaban J connectivity index is 2.67. The molecule has 2 atom stereocenters. The van der Waals surface area contributed by atoms with E-state index in [-0.39, 0.29) is 13.0 Å². The fourth-order valence-electron chi connectivity index (χ4n) is 2.24. The van der Waals surface area contributed by atoms with Crippen LogP contribution in [0.4, 0.5) is 18.0 Å². The molecule has 0 aromatic rings. The van der Waals surface area contributed by atoms with Crippen molar-refractivity contribution in [2.45, 2.75) is 58.4 Å². The molecule has 1 aliphatic rings. The van der Waals surface area contributed by atoms with Crippen molar-refractivity contribution in [1.29, 1.82) is 0 Å². The van der Waals surface area contributed by atoms with Crippen molar-refractivity contribution < 1.29 is 23.1 Å². The molecule has 0 radical (unpaired) electrons. The van der Waals surface area contributed by atoms with Gasteiger partial charge in [-0.25, -0.2) is 4.79 Å². The Bertz CT molecular complexity index is 339. The molecular formula is C13H23F3N2O2. The third-order valence-corrected chi connectivity index (χ3v) is 3.19. The van der Waals surface area contributed by atoms with E-state index in [1.54, 1.807) is 20.8 Å². The van der Waals surface area contributed by atoms with Gasteiger partial charge in [-0.15, -0.1) is 0 Å². The second-order valence-electron chi connectivity index (χ2n) is 6.55. The highest BCUT2D eigenvalue weighted by Crippen LogP contribution is 2.30. The molecule has 0 saturated carbocycles. The number of aliphatic hydroxyl groups excluding tert-OH is 1. The van der Waals surface area contributed by atoms with Gasteiger partial charge in [0, 0.05) is 13.1 Å². The average Bonchev–Trinajstić information content (AvgIpc) is 2.25. The highest BCUT2D eigenvalue weighted by molar-refractivity contribution is 5.74. The van der Waals surface area contributed by atoms with Gasteiger partial charge in [0.1, 0.15) is 6.04 Å². The Morgan fingerprint density at radius 3 is 2.45 bits per heavy atom. The number of likely N-dealkylation sites (tertiary alicyclic amines) is 1. The predicted octanol–water partition coefficient (Wildman–Crippen LogP) is 2.52. The van der Waals surface area contributed by atoms with Gasteiger partial charge < -0.3 is 15.3 Å². The number of nitrogens with zero attached hydrogens (tertiary/aromatic N) is 1. The lowest BCUT2D eigenvalue weighted by Gasteiger charge is -2.34. The largest absolute Gasteiger partial charge is 0.408 e. The fraction of sp³-hybridized carbons (Fsp3) is 0.923. The number of halogens is 3. The van der Waals surface area contributed by atoms with Crippen LogP contribution in [0.3, 0.4) is 0 Å². The summed E-state index contributed by atoms with van der Waals surface area (Å²) < 4.78 is 38.9. The van der Waals surface area contributed by atoms with Gasteiger partial charge in [-0.3, -0.25) is 0 Å². The van der Waals surface area contributed by atoms with Gasteiger partial charge in [0.05, 0.1) is 6.10 Å². The van der Waals surface area contributed by atoms with Crippen LogP contribution in [0.2, 0.25) is 0 Å². The Labute approximate surface area is 117 Å². The zero-order valence-electron chi connectivity index (χ0n) is 12.1. The van der Waals surface area contributed by atoms with Crippen LogP contribution in [0.15, 0.2) is 0 Å². The Kier molecular flexibility index (Phi) is 5.29. The van der Waals surface area contributed by atoms with E-state index in [4.69, 9.17) is 0 Å². The standard InChI is InChI=1S/C13H23F3N2O2/c1-12(2,3)7-10(13(14,15)16)17-11(20)18-6-4-5-9(19)8-18/h9-10,19H,4-8H2,1-3H3,(H,17,20)/t9-,10+/m1/s1. The maximum atomic E-state index is 13.0. The summed E-state index contributed by atoms with van der Waals surface area (Å²) in [6.45, 7) is 5.56. The Morgan fingerprint density at radius 1 is 1.40 bits per heavy atom. The quantitative estimate of drug-likeness (QED) is 0.822. The number of piperidine rings is 1. The Hall–Kier alpha value is -0.980. The van der Waals surface area contributed by atoms with Gasteiger partial charge in [-0.1, -0.05) is 20.8 Å². The van der Waals surface area contributed by atoms with Gasteiger partial charge in [-0.05, 0) is 24.7 Å². The minimum atomic E-state index is -4.47. The number of aliphatic hydroxyl groups is 1. The molecule has 2 amide bonds.